The van der Waals surface area contributed by atoms with Crippen molar-refractivity contribution in [1.82, 2.24) is 4.98 Å². The average molecular weight is 307 g/mol. The van der Waals surface area contributed by atoms with Crippen molar-refractivity contribution in [1.29, 1.82) is 0 Å². The Hall–Kier alpha value is -1.39. The summed E-state index contributed by atoms with van der Waals surface area (Å²) in [4.78, 5) is 4.25. The normalized spacial score (nSPS) is 12.2. The van der Waals surface area contributed by atoms with E-state index in [4.69, 9.17) is 10.5 Å². The van der Waals surface area contributed by atoms with Gasteiger partial charge in [0.05, 0.1) is 11.9 Å². The second-order valence-corrected chi connectivity index (χ2v) is 4.94. The quantitative estimate of drug-likeness (QED) is 0.941. The van der Waals surface area contributed by atoms with Gasteiger partial charge in [-0.25, -0.2) is 0 Å². The topological polar surface area (TPSA) is 48.1 Å². The highest BCUT2D eigenvalue weighted by molar-refractivity contribution is 9.10. The summed E-state index contributed by atoms with van der Waals surface area (Å²) < 4.78 is 6.72. The highest BCUT2D eigenvalue weighted by Gasteiger charge is 2.03. The van der Waals surface area contributed by atoms with Gasteiger partial charge >= 0.3 is 0 Å². The molecule has 0 aliphatic heterocycles. The van der Waals surface area contributed by atoms with Crippen LogP contribution in [0, 0.1) is 0 Å². The number of halogens is 1. The van der Waals surface area contributed by atoms with Gasteiger partial charge in [-0.15, -0.1) is 0 Å². The van der Waals surface area contributed by atoms with E-state index in [0.717, 1.165) is 21.5 Å². The second kappa shape index (κ2) is 5.98. The first-order valence-electron chi connectivity index (χ1n) is 5.74. The third kappa shape index (κ3) is 3.31. The van der Waals surface area contributed by atoms with Crippen LogP contribution in [0.4, 0.5) is 0 Å². The number of aromatic nitrogens is 1. The molecule has 2 aromatic rings. The van der Waals surface area contributed by atoms with Crippen molar-refractivity contribution in [3.05, 3.63) is 58.3 Å². The maximum Gasteiger partial charge on any atom is 0.138 e. The summed E-state index contributed by atoms with van der Waals surface area (Å²) in [5.41, 5.74) is 7.71. The van der Waals surface area contributed by atoms with Crippen molar-refractivity contribution in [3.8, 4) is 5.75 Å². The third-order valence-electron chi connectivity index (χ3n) is 2.58. The first kappa shape index (κ1) is 13.1. The Kier molecular flexibility index (Phi) is 4.33. The van der Waals surface area contributed by atoms with E-state index in [1.54, 1.807) is 6.20 Å². The molecule has 0 saturated carbocycles. The minimum Gasteiger partial charge on any atom is -0.487 e. The average Bonchev–Trinajstić information content (AvgIpc) is 2.38. The van der Waals surface area contributed by atoms with Crippen molar-refractivity contribution < 1.29 is 4.74 Å². The number of ether oxygens (including phenoxy) is 1. The van der Waals surface area contributed by atoms with Gasteiger partial charge in [-0.05, 0) is 25.1 Å². The van der Waals surface area contributed by atoms with Crippen molar-refractivity contribution in [2.45, 2.75) is 19.6 Å². The fourth-order valence-electron chi connectivity index (χ4n) is 1.52. The molecule has 0 amide bonds. The van der Waals surface area contributed by atoms with Gasteiger partial charge in [0.2, 0.25) is 0 Å². The van der Waals surface area contributed by atoms with E-state index in [2.05, 4.69) is 20.9 Å². The van der Waals surface area contributed by atoms with Gasteiger partial charge < -0.3 is 10.5 Å². The zero-order valence-corrected chi connectivity index (χ0v) is 11.7. The van der Waals surface area contributed by atoms with Gasteiger partial charge in [0, 0.05) is 16.1 Å². The summed E-state index contributed by atoms with van der Waals surface area (Å²) in [6, 6.07) is 11.7. The van der Waals surface area contributed by atoms with E-state index in [1.807, 2.05) is 43.3 Å². The summed E-state index contributed by atoms with van der Waals surface area (Å²) in [5.74, 6) is 0.746. The summed E-state index contributed by atoms with van der Waals surface area (Å²) in [5, 5.41) is 0. The van der Waals surface area contributed by atoms with Crippen LogP contribution in [0.3, 0.4) is 0 Å². The molecule has 0 bridgehead atoms. The van der Waals surface area contributed by atoms with Crippen LogP contribution in [0.25, 0.3) is 0 Å². The number of nitrogens with two attached hydrogens (primary N) is 1. The van der Waals surface area contributed by atoms with Gasteiger partial charge in [0.25, 0.3) is 0 Å². The molecule has 0 spiro atoms. The standard InChI is InChI=1S/C14H15BrN2O/c1-10(16)14-7-6-12(8-17-14)18-9-11-4-2-3-5-13(11)15/h2-8,10H,9,16H2,1H3/t10-/m1/s1. The van der Waals surface area contributed by atoms with Crippen molar-refractivity contribution in [2.24, 2.45) is 5.73 Å². The molecule has 1 heterocycles. The van der Waals surface area contributed by atoms with E-state index in [9.17, 15) is 0 Å². The molecule has 2 N–H and O–H groups in total. The van der Waals surface area contributed by atoms with Crippen LogP contribution < -0.4 is 10.5 Å². The predicted molar refractivity (Wildman–Crippen MR) is 75.3 cm³/mol. The molecule has 0 fully saturated rings. The number of hydrogen-bond donors (Lipinski definition) is 1. The summed E-state index contributed by atoms with van der Waals surface area (Å²) in [6.45, 7) is 2.42. The smallest absolute Gasteiger partial charge is 0.138 e. The van der Waals surface area contributed by atoms with E-state index in [1.165, 1.54) is 0 Å². The van der Waals surface area contributed by atoms with Crippen LogP contribution in [0.1, 0.15) is 24.2 Å². The van der Waals surface area contributed by atoms with Crippen LogP contribution in [0.2, 0.25) is 0 Å². The van der Waals surface area contributed by atoms with Crippen LogP contribution in [-0.4, -0.2) is 4.98 Å². The lowest BCUT2D eigenvalue weighted by Crippen LogP contribution is -2.07. The van der Waals surface area contributed by atoms with Gasteiger partial charge in [-0.1, -0.05) is 34.1 Å². The Bertz CT molecular complexity index is 511. The lowest BCUT2D eigenvalue weighted by molar-refractivity contribution is 0.304. The molecule has 0 unspecified atom stereocenters. The van der Waals surface area contributed by atoms with E-state index in [0.29, 0.717) is 6.61 Å². The molecule has 1 atom stereocenters. The van der Waals surface area contributed by atoms with Crippen molar-refractivity contribution >= 4 is 15.9 Å². The lowest BCUT2D eigenvalue weighted by atomic mass is 10.2. The molecule has 1 aromatic heterocycles. The Morgan fingerprint density at radius 2 is 2.06 bits per heavy atom. The van der Waals surface area contributed by atoms with E-state index >= 15 is 0 Å². The SMILES string of the molecule is C[C@@H](N)c1ccc(OCc2ccccc2Br)cn1. The van der Waals surface area contributed by atoms with Crippen LogP contribution in [0.5, 0.6) is 5.75 Å². The molecule has 0 radical (unpaired) electrons. The maximum absolute atomic E-state index is 5.74. The Morgan fingerprint density at radius 1 is 1.28 bits per heavy atom. The lowest BCUT2D eigenvalue weighted by Gasteiger charge is -2.09. The maximum atomic E-state index is 5.74. The van der Waals surface area contributed by atoms with Crippen molar-refractivity contribution in [3.63, 3.8) is 0 Å². The highest BCUT2D eigenvalue weighted by Crippen LogP contribution is 2.19. The first-order valence-corrected chi connectivity index (χ1v) is 6.54. The van der Waals surface area contributed by atoms with Gasteiger partial charge in [-0.3, -0.25) is 4.98 Å². The number of rotatable bonds is 4. The second-order valence-electron chi connectivity index (χ2n) is 4.09. The number of benzene rings is 1. The molecule has 94 valence electrons. The number of nitrogens with zero attached hydrogens (tertiary/aromatic N) is 1. The molecule has 2 rings (SSSR count). The van der Waals surface area contributed by atoms with Crippen molar-refractivity contribution in [2.75, 3.05) is 0 Å². The Balaban J connectivity index is 2.00. The van der Waals surface area contributed by atoms with Gasteiger partial charge in [0.1, 0.15) is 12.4 Å². The van der Waals surface area contributed by atoms with Gasteiger partial charge in [0.15, 0.2) is 0 Å². The first-order chi connectivity index (χ1) is 8.66. The Morgan fingerprint density at radius 3 is 2.67 bits per heavy atom. The summed E-state index contributed by atoms with van der Waals surface area (Å²) in [7, 11) is 0. The third-order valence-corrected chi connectivity index (χ3v) is 3.35. The summed E-state index contributed by atoms with van der Waals surface area (Å²) in [6.07, 6.45) is 1.70. The number of pyridine rings is 1. The molecule has 0 saturated heterocycles. The van der Waals surface area contributed by atoms with Crippen LogP contribution >= 0.6 is 15.9 Å². The molecule has 4 heteroatoms. The zero-order valence-electron chi connectivity index (χ0n) is 10.1. The molecule has 1 aromatic carbocycles. The fourth-order valence-corrected chi connectivity index (χ4v) is 1.92. The molecule has 0 aliphatic carbocycles. The largest absolute Gasteiger partial charge is 0.487 e. The van der Waals surface area contributed by atoms with Gasteiger partial charge in [-0.2, -0.15) is 0 Å². The minimum absolute atomic E-state index is 0.0534. The molecular weight excluding hydrogens is 292 g/mol. The zero-order chi connectivity index (χ0) is 13.0. The fraction of sp³-hybridized carbons (Fsp3) is 0.214. The van der Waals surface area contributed by atoms with Crippen LogP contribution in [-0.2, 0) is 6.61 Å². The minimum atomic E-state index is -0.0534. The monoisotopic (exact) mass is 306 g/mol. The highest BCUT2D eigenvalue weighted by atomic mass is 79.9. The molecule has 0 aliphatic rings. The summed E-state index contributed by atoms with van der Waals surface area (Å²) >= 11 is 3.49. The molecule has 3 nitrogen and oxygen atoms in total. The molecular formula is C14H15BrN2O. The van der Waals surface area contributed by atoms with Crippen LogP contribution in [0.15, 0.2) is 47.1 Å². The predicted octanol–water partition coefficient (Wildman–Crippen LogP) is 3.44. The van der Waals surface area contributed by atoms with E-state index in [-0.39, 0.29) is 6.04 Å². The number of hydrogen-bond acceptors (Lipinski definition) is 3. The Labute approximate surface area is 115 Å². The molecule has 18 heavy (non-hydrogen) atoms. The van der Waals surface area contributed by atoms with E-state index < -0.39 is 0 Å².